The predicted octanol–water partition coefficient (Wildman–Crippen LogP) is 0.507. The smallest absolute Gasteiger partial charge is 0.328 e. The van der Waals surface area contributed by atoms with Crippen molar-refractivity contribution in [2.75, 3.05) is 13.2 Å². The lowest BCUT2D eigenvalue weighted by atomic mass is 10.2. The number of aliphatic hydroxyl groups excluding tert-OH is 1. The first-order chi connectivity index (χ1) is 9.90. The van der Waals surface area contributed by atoms with Gasteiger partial charge in [-0.1, -0.05) is 12.1 Å². The van der Waals surface area contributed by atoms with Crippen LogP contribution in [0.25, 0.3) is 0 Å². The standard InChI is InChI=1S/C14H20N2O5/c1-9-4-3-5-11(8-9)21-7-6-15-14(20)16-12(10(2)17)13(18)19/h3-5,8,10,12,17H,6-7H2,1-2H3,(H,18,19)(H2,15,16,20). The van der Waals surface area contributed by atoms with Gasteiger partial charge >= 0.3 is 12.0 Å². The highest BCUT2D eigenvalue weighted by Crippen LogP contribution is 2.11. The van der Waals surface area contributed by atoms with Crippen molar-refractivity contribution in [1.29, 1.82) is 0 Å². The maximum atomic E-state index is 11.5. The summed E-state index contributed by atoms with van der Waals surface area (Å²) in [5, 5.41) is 22.7. The highest BCUT2D eigenvalue weighted by molar-refractivity contribution is 5.82. The Labute approximate surface area is 122 Å². The van der Waals surface area contributed by atoms with Crippen LogP contribution in [0.5, 0.6) is 5.75 Å². The van der Waals surface area contributed by atoms with E-state index in [4.69, 9.17) is 9.84 Å². The van der Waals surface area contributed by atoms with Gasteiger partial charge in [-0.2, -0.15) is 0 Å². The zero-order valence-electron chi connectivity index (χ0n) is 12.0. The minimum Gasteiger partial charge on any atom is -0.492 e. The molecule has 0 radical (unpaired) electrons. The molecular weight excluding hydrogens is 276 g/mol. The number of carbonyl (C=O) groups excluding carboxylic acids is 1. The van der Waals surface area contributed by atoms with E-state index in [1.807, 2.05) is 25.1 Å². The number of rotatable bonds is 7. The Kier molecular flexibility index (Phi) is 6.48. The van der Waals surface area contributed by atoms with Gasteiger partial charge in [0.2, 0.25) is 0 Å². The average molecular weight is 296 g/mol. The molecule has 0 spiro atoms. The summed E-state index contributed by atoms with van der Waals surface area (Å²) >= 11 is 0. The Bertz CT molecular complexity index is 490. The van der Waals surface area contributed by atoms with Gasteiger partial charge in [0.1, 0.15) is 12.4 Å². The van der Waals surface area contributed by atoms with Gasteiger partial charge in [-0.15, -0.1) is 0 Å². The fraction of sp³-hybridized carbons (Fsp3) is 0.429. The van der Waals surface area contributed by atoms with Gasteiger partial charge < -0.3 is 25.6 Å². The number of aliphatic carboxylic acids is 1. The van der Waals surface area contributed by atoms with Crippen LogP contribution in [-0.2, 0) is 4.79 Å². The number of amides is 2. The maximum absolute atomic E-state index is 11.5. The molecular formula is C14H20N2O5. The van der Waals surface area contributed by atoms with E-state index in [1.165, 1.54) is 6.92 Å². The Balaban J connectivity index is 2.29. The minimum absolute atomic E-state index is 0.214. The van der Waals surface area contributed by atoms with E-state index in [0.29, 0.717) is 5.75 Å². The highest BCUT2D eigenvalue weighted by Gasteiger charge is 2.24. The van der Waals surface area contributed by atoms with E-state index >= 15 is 0 Å². The lowest BCUT2D eigenvalue weighted by molar-refractivity contribution is -0.141. The van der Waals surface area contributed by atoms with Gasteiger partial charge in [-0.25, -0.2) is 9.59 Å². The Morgan fingerprint density at radius 3 is 2.67 bits per heavy atom. The number of carboxylic acid groups (broad SMARTS) is 1. The van der Waals surface area contributed by atoms with Crippen LogP contribution in [-0.4, -0.2) is 47.5 Å². The largest absolute Gasteiger partial charge is 0.492 e. The van der Waals surface area contributed by atoms with Gasteiger partial charge in [0, 0.05) is 0 Å². The lowest BCUT2D eigenvalue weighted by Crippen LogP contribution is -2.51. The number of carbonyl (C=O) groups is 2. The molecule has 2 amide bonds. The Hall–Kier alpha value is -2.28. The SMILES string of the molecule is Cc1cccc(OCCNC(=O)NC(C(=O)O)C(C)O)c1. The Morgan fingerprint density at radius 1 is 1.38 bits per heavy atom. The summed E-state index contributed by atoms with van der Waals surface area (Å²) in [5.74, 6) is -0.597. The van der Waals surface area contributed by atoms with Crippen molar-refractivity contribution in [2.24, 2.45) is 0 Å². The number of aryl methyl sites for hydroxylation is 1. The summed E-state index contributed by atoms with van der Waals surface area (Å²) in [5.41, 5.74) is 1.07. The molecule has 1 aromatic rings. The van der Waals surface area contributed by atoms with Crippen LogP contribution in [0, 0.1) is 6.92 Å². The molecule has 0 aliphatic carbocycles. The van der Waals surface area contributed by atoms with E-state index in [-0.39, 0.29) is 13.2 Å². The number of hydrogen-bond donors (Lipinski definition) is 4. The first-order valence-corrected chi connectivity index (χ1v) is 6.55. The number of carboxylic acids is 1. The minimum atomic E-state index is -1.34. The Morgan fingerprint density at radius 2 is 2.10 bits per heavy atom. The van der Waals surface area contributed by atoms with Crippen molar-refractivity contribution < 1.29 is 24.5 Å². The number of benzene rings is 1. The quantitative estimate of drug-likeness (QED) is 0.548. The molecule has 0 saturated carbocycles. The molecule has 0 aliphatic heterocycles. The summed E-state index contributed by atoms with van der Waals surface area (Å²) in [6.07, 6.45) is -1.18. The van der Waals surface area contributed by atoms with Gasteiger partial charge in [0.25, 0.3) is 0 Å². The molecule has 0 aromatic heterocycles. The van der Waals surface area contributed by atoms with E-state index in [9.17, 15) is 14.7 Å². The van der Waals surface area contributed by atoms with Crippen molar-refractivity contribution in [3.05, 3.63) is 29.8 Å². The van der Waals surface area contributed by atoms with Gasteiger partial charge in [-0.05, 0) is 31.5 Å². The van der Waals surface area contributed by atoms with Crippen molar-refractivity contribution in [3.63, 3.8) is 0 Å². The second-order valence-electron chi connectivity index (χ2n) is 4.62. The third kappa shape index (κ3) is 6.13. The van der Waals surface area contributed by atoms with Crippen molar-refractivity contribution in [3.8, 4) is 5.75 Å². The molecule has 0 fully saturated rings. The number of nitrogens with one attached hydrogen (secondary N) is 2. The van der Waals surface area contributed by atoms with Crippen LogP contribution in [0.4, 0.5) is 4.79 Å². The topological polar surface area (TPSA) is 108 Å². The van der Waals surface area contributed by atoms with Crippen LogP contribution in [0.2, 0.25) is 0 Å². The molecule has 2 unspecified atom stereocenters. The number of aliphatic hydroxyl groups is 1. The summed E-state index contributed by atoms with van der Waals surface area (Å²) in [4.78, 5) is 22.3. The molecule has 0 saturated heterocycles. The monoisotopic (exact) mass is 296 g/mol. The first kappa shape index (κ1) is 16.8. The third-order valence-electron chi connectivity index (χ3n) is 2.68. The van der Waals surface area contributed by atoms with Crippen molar-refractivity contribution >= 4 is 12.0 Å². The molecule has 2 atom stereocenters. The van der Waals surface area contributed by atoms with Crippen molar-refractivity contribution in [1.82, 2.24) is 10.6 Å². The second kappa shape index (κ2) is 8.11. The number of ether oxygens (including phenoxy) is 1. The number of hydrogen-bond acceptors (Lipinski definition) is 4. The summed E-state index contributed by atoms with van der Waals surface area (Å²) < 4.78 is 5.43. The molecule has 21 heavy (non-hydrogen) atoms. The average Bonchev–Trinajstić information content (AvgIpc) is 2.40. The van der Waals surface area contributed by atoms with E-state index in [1.54, 1.807) is 6.07 Å². The molecule has 7 nitrogen and oxygen atoms in total. The van der Waals surface area contributed by atoms with Gasteiger partial charge in [0.05, 0.1) is 12.6 Å². The zero-order chi connectivity index (χ0) is 15.8. The zero-order valence-corrected chi connectivity index (χ0v) is 12.0. The van der Waals surface area contributed by atoms with Gasteiger partial charge in [0.15, 0.2) is 6.04 Å². The molecule has 4 N–H and O–H groups in total. The molecule has 116 valence electrons. The van der Waals surface area contributed by atoms with Crippen LogP contribution in [0.3, 0.4) is 0 Å². The maximum Gasteiger partial charge on any atom is 0.328 e. The normalized spacial score (nSPS) is 13.1. The number of urea groups is 1. The predicted molar refractivity (Wildman–Crippen MR) is 76.3 cm³/mol. The fourth-order valence-corrected chi connectivity index (χ4v) is 1.62. The fourth-order valence-electron chi connectivity index (χ4n) is 1.62. The van der Waals surface area contributed by atoms with Gasteiger partial charge in [-0.3, -0.25) is 0 Å². The summed E-state index contributed by atoms with van der Waals surface area (Å²) in [7, 11) is 0. The van der Waals surface area contributed by atoms with E-state index in [0.717, 1.165) is 5.56 Å². The van der Waals surface area contributed by atoms with Crippen molar-refractivity contribution in [2.45, 2.75) is 26.0 Å². The van der Waals surface area contributed by atoms with E-state index in [2.05, 4.69) is 10.6 Å². The molecule has 1 rings (SSSR count). The molecule has 0 aliphatic rings. The summed E-state index contributed by atoms with van der Waals surface area (Å²) in [6.45, 7) is 3.70. The molecule has 0 heterocycles. The lowest BCUT2D eigenvalue weighted by Gasteiger charge is -2.17. The molecule has 0 bridgehead atoms. The van der Waals surface area contributed by atoms with Crippen LogP contribution < -0.4 is 15.4 Å². The second-order valence-corrected chi connectivity index (χ2v) is 4.62. The third-order valence-corrected chi connectivity index (χ3v) is 2.68. The first-order valence-electron chi connectivity index (χ1n) is 6.55. The highest BCUT2D eigenvalue weighted by atomic mass is 16.5. The van der Waals surface area contributed by atoms with Crippen LogP contribution in [0.15, 0.2) is 24.3 Å². The summed E-state index contributed by atoms with van der Waals surface area (Å²) in [6, 6.07) is 5.47. The van der Waals surface area contributed by atoms with Crippen LogP contribution >= 0.6 is 0 Å². The molecule has 1 aromatic carbocycles. The van der Waals surface area contributed by atoms with E-state index < -0.39 is 24.1 Å². The van der Waals surface area contributed by atoms with Crippen LogP contribution in [0.1, 0.15) is 12.5 Å². The molecule has 7 heteroatoms.